The van der Waals surface area contributed by atoms with E-state index in [1.54, 1.807) is 0 Å². The second-order valence-electron chi connectivity index (χ2n) is 4.99. The van der Waals surface area contributed by atoms with Crippen LogP contribution in [-0.4, -0.2) is 5.91 Å². The molecule has 1 amide bonds. The van der Waals surface area contributed by atoms with Gasteiger partial charge in [-0.2, -0.15) is 0 Å². The number of hydrogen-bond acceptors (Lipinski definition) is 1. The maximum atomic E-state index is 12.2. The molecule has 2 unspecified atom stereocenters. The zero-order chi connectivity index (χ0) is 12.6. The maximum Gasteiger partial charge on any atom is 0.232 e. The van der Waals surface area contributed by atoms with Gasteiger partial charge in [0.2, 0.25) is 5.91 Å². The highest BCUT2D eigenvalue weighted by molar-refractivity contribution is 9.10. The van der Waals surface area contributed by atoms with E-state index in [4.69, 9.17) is 0 Å². The SMILES string of the molecule is CCC(C(C)C)C1C(=O)Nc2c(Br)cccc21. The van der Waals surface area contributed by atoms with Gasteiger partial charge >= 0.3 is 0 Å². The average Bonchev–Trinajstić information content (AvgIpc) is 2.59. The lowest BCUT2D eigenvalue weighted by Crippen LogP contribution is -2.24. The number of benzene rings is 1. The second kappa shape index (κ2) is 4.81. The first-order valence-electron chi connectivity index (χ1n) is 6.15. The lowest BCUT2D eigenvalue weighted by molar-refractivity contribution is -0.118. The molecule has 0 saturated heterocycles. The summed E-state index contributed by atoms with van der Waals surface area (Å²) in [6.45, 7) is 6.54. The van der Waals surface area contributed by atoms with Crippen LogP contribution >= 0.6 is 15.9 Å². The van der Waals surface area contributed by atoms with Gasteiger partial charge in [0.25, 0.3) is 0 Å². The fourth-order valence-corrected chi connectivity index (χ4v) is 3.27. The van der Waals surface area contributed by atoms with Crippen molar-refractivity contribution in [3.8, 4) is 0 Å². The summed E-state index contributed by atoms with van der Waals surface area (Å²) >= 11 is 3.50. The normalized spacial score (nSPS) is 20.3. The first-order valence-corrected chi connectivity index (χ1v) is 6.94. The summed E-state index contributed by atoms with van der Waals surface area (Å²) in [5, 5.41) is 3.00. The molecule has 1 N–H and O–H groups in total. The largest absolute Gasteiger partial charge is 0.324 e. The van der Waals surface area contributed by atoms with Crippen molar-refractivity contribution in [1.29, 1.82) is 0 Å². The Bertz CT molecular complexity index is 442. The minimum Gasteiger partial charge on any atom is -0.324 e. The van der Waals surface area contributed by atoms with Gasteiger partial charge in [-0.05, 0) is 39.4 Å². The van der Waals surface area contributed by atoms with E-state index < -0.39 is 0 Å². The van der Waals surface area contributed by atoms with Crippen molar-refractivity contribution in [2.75, 3.05) is 5.32 Å². The van der Waals surface area contributed by atoms with Crippen LogP contribution in [0.2, 0.25) is 0 Å². The third-order valence-electron chi connectivity index (χ3n) is 3.67. The van der Waals surface area contributed by atoms with E-state index in [1.165, 1.54) is 0 Å². The van der Waals surface area contributed by atoms with Crippen molar-refractivity contribution in [2.24, 2.45) is 11.8 Å². The molecule has 0 saturated carbocycles. The number of amides is 1. The number of anilines is 1. The third kappa shape index (κ3) is 2.13. The predicted octanol–water partition coefficient (Wildman–Crippen LogP) is 4.17. The van der Waals surface area contributed by atoms with E-state index >= 15 is 0 Å². The zero-order valence-corrected chi connectivity index (χ0v) is 12.0. The van der Waals surface area contributed by atoms with Crippen molar-refractivity contribution in [2.45, 2.75) is 33.1 Å². The van der Waals surface area contributed by atoms with Gasteiger partial charge in [-0.15, -0.1) is 0 Å². The molecular formula is C14H18BrNO. The third-order valence-corrected chi connectivity index (χ3v) is 4.33. The Morgan fingerprint density at radius 2 is 2.12 bits per heavy atom. The van der Waals surface area contributed by atoms with Crippen LogP contribution in [0, 0.1) is 11.8 Å². The van der Waals surface area contributed by atoms with Crippen LogP contribution in [0.1, 0.15) is 38.7 Å². The highest BCUT2D eigenvalue weighted by Crippen LogP contribution is 2.44. The van der Waals surface area contributed by atoms with Crippen LogP contribution in [0.3, 0.4) is 0 Å². The summed E-state index contributed by atoms with van der Waals surface area (Å²) in [4.78, 5) is 12.2. The molecule has 1 aromatic rings. The second-order valence-corrected chi connectivity index (χ2v) is 5.84. The predicted molar refractivity (Wildman–Crippen MR) is 74.1 cm³/mol. The molecule has 1 heterocycles. The Kier molecular flexibility index (Phi) is 3.57. The number of fused-ring (bicyclic) bond motifs is 1. The molecule has 3 heteroatoms. The molecule has 0 aliphatic carbocycles. The number of nitrogens with one attached hydrogen (secondary N) is 1. The average molecular weight is 296 g/mol. The Hall–Kier alpha value is -0.830. The molecule has 2 rings (SSSR count). The molecule has 0 bridgehead atoms. The molecule has 92 valence electrons. The fourth-order valence-electron chi connectivity index (χ4n) is 2.79. The number of para-hydroxylation sites is 1. The van der Waals surface area contributed by atoms with Crippen molar-refractivity contribution in [3.05, 3.63) is 28.2 Å². The van der Waals surface area contributed by atoms with Gasteiger partial charge in [0.15, 0.2) is 0 Å². The van der Waals surface area contributed by atoms with Crippen molar-refractivity contribution in [1.82, 2.24) is 0 Å². The van der Waals surface area contributed by atoms with Crippen LogP contribution in [0.5, 0.6) is 0 Å². The molecule has 0 fully saturated rings. The number of rotatable bonds is 3. The topological polar surface area (TPSA) is 29.1 Å². The molecule has 1 aromatic carbocycles. The zero-order valence-electron chi connectivity index (χ0n) is 10.5. The lowest BCUT2D eigenvalue weighted by Gasteiger charge is -2.24. The Morgan fingerprint density at radius 3 is 2.71 bits per heavy atom. The van der Waals surface area contributed by atoms with E-state index in [1.807, 2.05) is 12.1 Å². The fraction of sp³-hybridized carbons (Fsp3) is 0.500. The summed E-state index contributed by atoms with van der Waals surface area (Å²) in [5.74, 6) is 1.08. The summed E-state index contributed by atoms with van der Waals surface area (Å²) in [6, 6.07) is 6.04. The Labute approximate surface area is 111 Å². The molecule has 0 radical (unpaired) electrons. The number of carbonyl (C=O) groups excluding carboxylic acids is 1. The van der Waals surface area contributed by atoms with Gasteiger partial charge in [-0.1, -0.05) is 39.3 Å². The van der Waals surface area contributed by atoms with E-state index in [0.717, 1.165) is 22.1 Å². The van der Waals surface area contributed by atoms with E-state index in [2.05, 4.69) is 48.1 Å². The van der Waals surface area contributed by atoms with Gasteiger partial charge in [-0.3, -0.25) is 4.79 Å². The standard InChI is InChI=1S/C14H18BrNO/c1-4-9(8(2)3)12-10-6-5-7-11(15)13(10)16-14(12)17/h5-9,12H,4H2,1-3H3,(H,16,17). The first kappa shape index (κ1) is 12.6. The van der Waals surface area contributed by atoms with Crippen LogP contribution in [0.4, 0.5) is 5.69 Å². The molecule has 2 nitrogen and oxygen atoms in total. The molecule has 0 aromatic heterocycles. The lowest BCUT2D eigenvalue weighted by atomic mass is 9.78. The highest BCUT2D eigenvalue weighted by atomic mass is 79.9. The highest BCUT2D eigenvalue weighted by Gasteiger charge is 2.37. The van der Waals surface area contributed by atoms with Gasteiger partial charge in [0.05, 0.1) is 11.6 Å². The van der Waals surface area contributed by atoms with Gasteiger partial charge in [0, 0.05) is 4.47 Å². The number of carbonyl (C=O) groups is 1. The molecular weight excluding hydrogens is 278 g/mol. The summed E-state index contributed by atoms with van der Waals surface area (Å²) in [7, 11) is 0. The Balaban J connectivity index is 2.44. The summed E-state index contributed by atoms with van der Waals surface area (Å²) in [5.41, 5.74) is 2.10. The van der Waals surface area contributed by atoms with Crippen LogP contribution in [0.15, 0.2) is 22.7 Å². The van der Waals surface area contributed by atoms with E-state index in [9.17, 15) is 4.79 Å². The minimum absolute atomic E-state index is 0.00694. The van der Waals surface area contributed by atoms with Crippen LogP contribution in [0.25, 0.3) is 0 Å². The number of hydrogen-bond donors (Lipinski definition) is 1. The minimum atomic E-state index is 0.00694. The van der Waals surface area contributed by atoms with E-state index in [-0.39, 0.29) is 11.8 Å². The van der Waals surface area contributed by atoms with E-state index in [0.29, 0.717) is 11.8 Å². The molecule has 1 aliphatic rings. The molecule has 2 atom stereocenters. The first-order chi connectivity index (χ1) is 8.06. The smallest absolute Gasteiger partial charge is 0.232 e. The van der Waals surface area contributed by atoms with Gasteiger partial charge in [-0.25, -0.2) is 0 Å². The Morgan fingerprint density at radius 1 is 1.41 bits per heavy atom. The van der Waals surface area contributed by atoms with Crippen molar-refractivity contribution in [3.63, 3.8) is 0 Å². The quantitative estimate of drug-likeness (QED) is 0.891. The van der Waals surface area contributed by atoms with Gasteiger partial charge < -0.3 is 5.32 Å². The molecule has 0 spiro atoms. The summed E-state index contributed by atoms with van der Waals surface area (Å²) < 4.78 is 0.976. The number of halogens is 1. The molecule has 1 aliphatic heterocycles. The molecule has 17 heavy (non-hydrogen) atoms. The van der Waals surface area contributed by atoms with Crippen molar-refractivity contribution < 1.29 is 4.79 Å². The summed E-state index contributed by atoms with van der Waals surface area (Å²) in [6.07, 6.45) is 1.03. The maximum absolute atomic E-state index is 12.2. The van der Waals surface area contributed by atoms with Crippen LogP contribution < -0.4 is 5.32 Å². The van der Waals surface area contributed by atoms with Crippen LogP contribution in [-0.2, 0) is 4.79 Å². The van der Waals surface area contributed by atoms with Gasteiger partial charge in [0.1, 0.15) is 0 Å². The monoisotopic (exact) mass is 295 g/mol. The van der Waals surface area contributed by atoms with Crippen molar-refractivity contribution >= 4 is 27.5 Å².